The second-order valence-corrected chi connectivity index (χ2v) is 5.75. The van der Waals surface area contributed by atoms with E-state index >= 15 is 0 Å². The number of ether oxygens (including phenoxy) is 3. The number of carbonyl (C=O) groups is 2. The SMILES string of the molecule is CCOC(=O)c1c[nH]c(C(=O)NCCOC)c(OCC2=CCCC=C2)c1=O. The van der Waals surface area contributed by atoms with Crippen molar-refractivity contribution in [3.05, 3.63) is 51.5 Å². The van der Waals surface area contributed by atoms with E-state index in [1.165, 1.54) is 7.11 Å². The average Bonchev–Trinajstić information content (AvgIpc) is 2.67. The van der Waals surface area contributed by atoms with Crippen molar-refractivity contribution >= 4 is 11.9 Å². The first-order valence-electron chi connectivity index (χ1n) is 8.76. The third-order valence-electron chi connectivity index (χ3n) is 3.81. The molecule has 27 heavy (non-hydrogen) atoms. The molecule has 8 heteroatoms. The molecule has 0 saturated carbocycles. The van der Waals surface area contributed by atoms with Gasteiger partial charge in [-0.3, -0.25) is 9.59 Å². The molecule has 0 bridgehead atoms. The fourth-order valence-corrected chi connectivity index (χ4v) is 2.46. The van der Waals surface area contributed by atoms with Crippen LogP contribution in [0.1, 0.15) is 40.6 Å². The Labute approximate surface area is 157 Å². The molecule has 1 aliphatic carbocycles. The van der Waals surface area contributed by atoms with Crippen LogP contribution in [0.3, 0.4) is 0 Å². The average molecular weight is 376 g/mol. The molecule has 1 amide bonds. The zero-order valence-corrected chi connectivity index (χ0v) is 15.5. The van der Waals surface area contributed by atoms with Crippen molar-refractivity contribution in [1.82, 2.24) is 10.3 Å². The second kappa shape index (κ2) is 10.3. The van der Waals surface area contributed by atoms with E-state index in [0.717, 1.165) is 24.6 Å². The maximum atomic E-state index is 12.7. The molecular weight excluding hydrogens is 352 g/mol. The van der Waals surface area contributed by atoms with Crippen LogP contribution in [0.5, 0.6) is 5.75 Å². The number of esters is 1. The summed E-state index contributed by atoms with van der Waals surface area (Å²) < 4.78 is 15.4. The number of hydrogen-bond donors (Lipinski definition) is 2. The molecule has 0 unspecified atom stereocenters. The van der Waals surface area contributed by atoms with Crippen LogP contribution < -0.4 is 15.5 Å². The molecule has 1 aliphatic rings. The Kier molecular flexibility index (Phi) is 7.81. The molecule has 8 nitrogen and oxygen atoms in total. The van der Waals surface area contributed by atoms with E-state index in [4.69, 9.17) is 14.2 Å². The molecule has 1 aromatic rings. The summed E-state index contributed by atoms with van der Waals surface area (Å²) in [7, 11) is 1.52. The number of aromatic amines is 1. The molecule has 0 aliphatic heterocycles. The predicted octanol–water partition coefficient (Wildman–Crippen LogP) is 1.58. The lowest BCUT2D eigenvalue weighted by Gasteiger charge is -2.14. The summed E-state index contributed by atoms with van der Waals surface area (Å²) in [4.78, 5) is 39.8. The minimum atomic E-state index is -0.772. The number of nitrogens with one attached hydrogen (secondary N) is 2. The standard InChI is InChI=1S/C19H24N2O6/c1-3-26-19(24)14-11-21-15(18(23)20-9-10-25-2)17(16(14)22)27-12-13-7-5-4-6-8-13/h5,7-8,11H,3-4,6,9-10,12H2,1-2H3,(H,20,23)(H,21,22). The number of methoxy groups -OCH3 is 1. The zero-order valence-electron chi connectivity index (χ0n) is 15.5. The summed E-state index contributed by atoms with van der Waals surface area (Å²) in [5.41, 5.74) is -0.0598. The highest BCUT2D eigenvalue weighted by Crippen LogP contribution is 2.16. The first-order chi connectivity index (χ1) is 13.1. The van der Waals surface area contributed by atoms with Gasteiger partial charge >= 0.3 is 5.97 Å². The Morgan fingerprint density at radius 3 is 2.78 bits per heavy atom. The van der Waals surface area contributed by atoms with E-state index in [1.54, 1.807) is 6.92 Å². The highest BCUT2D eigenvalue weighted by atomic mass is 16.5. The van der Waals surface area contributed by atoms with Gasteiger partial charge in [0.1, 0.15) is 12.2 Å². The predicted molar refractivity (Wildman–Crippen MR) is 99.2 cm³/mol. The largest absolute Gasteiger partial charge is 0.483 e. The van der Waals surface area contributed by atoms with Gasteiger partial charge in [-0.15, -0.1) is 0 Å². The van der Waals surface area contributed by atoms with Crippen LogP contribution in [0.2, 0.25) is 0 Å². The van der Waals surface area contributed by atoms with Crippen molar-refractivity contribution in [3.8, 4) is 5.75 Å². The fraction of sp³-hybridized carbons (Fsp3) is 0.421. The highest BCUT2D eigenvalue weighted by molar-refractivity contribution is 5.96. The Bertz CT molecular complexity index is 794. The maximum Gasteiger partial charge on any atom is 0.343 e. The number of allylic oxidation sites excluding steroid dienone is 2. The van der Waals surface area contributed by atoms with Gasteiger partial charge in [-0.05, 0) is 25.3 Å². The van der Waals surface area contributed by atoms with Crippen LogP contribution in [0.25, 0.3) is 0 Å². The molecule has 1 heterocycles. The van der Waals surface area contributed by atoms with E-state index in [9.17, 15) is 14.4 Å². The smallest absolute Gasteiger partial charge is 0.343 e. The summed E-state index contributed by atoms with van der Waals surface area (Å²) in [6.07, 6.45) is 8.93. The Balaban J connectivity index is 2.30. The topological polar surface area (TPSA) is 107 Å². The van der Waals surface area contributed by atoms with Crippen molar-refractivity contribution in [3.63, 3.8) is 0 Å². The number of aromatic nitrogens is 1. The molecular formula is C19H24N2O6. The second-order valence-electron chi connectivity index (χ2n) is 5.75. The summed E-state index contributed by atoms with van der Waals surface area (Å²) in [5, 5.41) is 2.62. The lowest BCUT2D eigenvalue weighted by atomic mass is 10.1. The molecule has 2 N–H and O–H groups in total. The molecule has 0 radical (unpaired) electrons. The summed E-state index contributed by atoms with van der Waals surface area (Å²) in [6, 6.07) is 0. The normalized spacial score (nSPS) is 13.0. The quantitative estimate of drug-likeness (QED) is 0.501. The van der Waals surface area contributed by atoms with Crippen LogP contribution in [0.4, 0.5) is 0 Å². The maximum absolute atomic E-state index is 12.7. The van der Waals surface area contributed by atoms with Gasteiger partial charge in [0.2, 0.25) is 5.43 Å². The minimum Gasteiger partial charge on any atom is -0.483 e. The third-order valence-corrected chi connectivity index (χ3v) is 3.81. The molecule has 146 valence electrons. The van der Waals surface area contributed by atoms with Gasteiger partial charge in [-0.2, -0.15) is 0 Å². The number of pyridine rings is 1. The first kappa shape index (κ1) is 20.4. The lowest BCUT2D eigenvalue weighted by Crippen LogP contribution is -2.31. The lowest BCUT2D eigenvalue weighted by molar-refractivity contribution is 0.0523. The van der Waals surface area contributed by atoms with Crippen LogP contribution in [0.15, 0.2) is 34.8 Å². The molecule has 0 aromatic carbocycles. The number of hydrogen-bond acceptors (Lipinski definition) is 6. The van der Waals surface area contributed by atoms with Gasteiger partial charge < -0.3 is 24.5 Å². The van der Waals surface area contributed by atoms with Crippen LogP contribution >= 0.6 is 0 Å². The summed E-state index contributed by atoms with van der Waals surface area (Å²) >= 11 is 0. The van der Waals surface area contributed by atoms with E-state index < -0.39 is 17.3 Å². The van der Waals surface area contributed by atoms with Crippen LogP contribution in [-0.4, -0.2) is 50.3 Å². The third kappa shape index (κ3) is 5.55. The highest BCUT2D eigenvalue weighted by Gasteiger charge is 2.23. The monoisotopic (exact) mass is 376 g/mol. The van der Waals surface area contributed by atoms with Crippen molar-refractivity contribution in [2.24, 2.45) is 0 Å². The fourth-order valence-electron chi connectivity index (χ4n) is 2.46. The Morgan fingerprint density at radius 2 is 2.11 bits per heavy atom. The van der Waals surface area contributed by atoms with Crippen LogP contribution in [-0.2, 0) is 9.47 Å². The van der Waals surface area contributed by atoms with Crippen molar-refractivity contribution in [1.29, 1.82) is 0 Å². The molecule has 0 fully saturated rings. The van der Waals surface area contributed by atoms with E-state index in [0.29, 0.717) is 6.61 Å². The first-order valence-corrected chi connectivity index (χ1v) is 8.76. The molecule has 1 aromatic heterocycles. The van der Waals surface area contributed by atoms with Crippen molar-refractivity contribution < 1.29 is 23.8 Å². The van der Waals surface area contributed by atoms with Gasteiger partial charge in [-0.25, -0.2) is 4.79 Å². The van der Waals surface area contributed by atoms with Crippen molar-refractivity contribution in [2.45, 2.75) is 19.8 Å². The number of carbonyl (C=O) groups excluding carboxylic acids is 2. The van der Waals surface area contributed by atoms with E-state index in [2.05, 4.69) is 10.3 Å². The minimum absolute atomic E-state index is 0.0514. The zero-order chi connectivity index (χ0) is 19.6. The van der Waals surface area contributed by atoms with Gasteiger partial charge in [0.05, 0.1) is 13.2 Å². The molecule has 2 rings (SSSR count). The van der Waals surface area contributed by atoms with E-state index in [1.807, 2.05) is 18.2 Å². The van der Waals surface area contributed by atoms with Crippen molar-refractivity contribution in [2.75, 3.05) is 33.5 Å². The van der Waals surface area contributed by atoms with Crippen LogP contribution in [0, 0.1) is 0 Å². The molecule has 0 atom stereocenters. The van der Waals surface area contributed by atoms with Gasteiger partial charge in [0, 0.05) is 19.9 Å². The van der Waals surface area contributed by atoms with E-state index in [-0.39, 0.29) is 36.8 Å². The number of H-pyrrole nitrogens is 1. The van der Waals surface area contributed by atoms with Gasteiger partial charge in [0.15, 0.2) is 11.4 Å². The summed E-state index contributed by atoms with van der Waals surface area (Å²) in [5.74, 6) is -1.51. The molecule has 0 saturated heterocycles. The number of rotatable bonds is 9. The Hall–Kier alpha value is -2.87. The molecule has 0 spiro atoms. The number of amides is 1. The Morgan fingerprint density at radius 1 is 1.30 bits per heavy atom. The summed E-state index contributed by atoms with van der Waals surface area (Å²) in [6.45, 7) is 2.48. The van der Waals surface area contributed by atoms with Gasteiger partial charge in [-0.1, -0.05) is 18.2 Å². The van der Waals surface area contributed by atoms with Gasteiger partial charge in [0.25, 0.3) is 5.91 Å².